The molecule has 1 aromatic carbocycles. The molecule has 4 nitrogen and oxygen atoms in total. The molecule has 0 N–H and O–H groups in total. The molecule has 0 amide bonds. The van der Waals surface area contributed by atoms with Crippen molar-refractivity contribution in [2.75, 3.05) is 6.61 Å². The van der Waals surface area contributed by atoms with Gasteiger partial charge in [-0.25, -0.2) is 4.79 Å². The maximum atomic E-state index is 11.5. The van der Waals surface area contributed by atoms with Gasteiger partial charge in [-0.15, -0.1) is 0 Å². The summed E-state index contributed by atoms with van der Waals surface area (Å²) in [5, 5.41) is 0. The molecule has 92 valence electrons. The number of ether oxygens (including phenoxy) is 2. The molecule has 0 aliphatic rings. The molecule has 1 aromatic rings. The molecule has 0 aliphatic heterocycles. The highest BCUT2D eigenvalue weighted by atomic mass is 16.6. The topological polar surface area (TPSA) is 52.6 Å². The summed E-state index contributed by atoms with van der Waals surface area (Å²) < 4.78 is 9.95. The van der Waals surface area contributed by atoms with Crippen LogP contribution in [0.25, 0.3) is 0 Å². The van der Waals surface area contributed by atoms with Crippen LogP contribution in [-0.4, -0.2) is 18.5 Å². The zero-order chi connectivity index (χ0) is 12.8. The predicted octanol–water partition coefficient (Wildman–Crippen LogP) is 2.49. The highest BCUT2D eigenvalue weighted by Gasteiger charge is 2.13. The van der Waals surface area contributed by atoms with E-state index in [1.54, 1.807) is 25.1 Å². The zero-order valence-electron chi connectivity index (χ0n) is 10.3. The van der Waals surface area contributed by atoms with Gasteiger partial charge in [0, 0.05) is 6.92 Å². The van der Waals surface area contributed by atoms with Crippen molar-refractivity contribution in [3.8, 4) is 5.75 Å². The molecule has 0 atom stereocenters. The Morgan fingerprint density at radius 1 is 1.29 bits per heavy atom. The Labute approximate surface area is 101 Å². The van der Waals surface area contributed by atoms with Crippen LogP contribution in [0.1, 0.15) is 36.2 Å². The van der Waals surface area contributed by atoms with Crippen LogP contribution in [0, 0.1) is 6.92 Å². The summed E-state index contributed by atoms with van der Waals surface area (Å²) >= 11 is 0. The van der Waals surface area contributed by atoms with Crippen molar-refractivity contribution in [2.45, 2.75) is 27.2 Å². The minimum absolute atomic E-state index is 0.379. The van der Waals surface area contributed by atoms with E-state index in [0.29, 0.717) is 17.9 Å². The van der Waals surface area contributed by atoms with Crippen molar-refractivity contribution in [1.29, 1.82) is 0 Å². The third-order valence-electron chi connectivity index (χ3n) is 2.13. The summed E-state index contributed by atoms with van der Waals surface area (Å²) in [6, 6.07) is 5.05. The van der Waals surface area contributed by atoms with E-state index < -0.39 is 11.9 Å². The summed E-state index contributed by atoms with van der Waals surface area (Å²) in [6.45, 7) is 5.63. The Kier molecular flexibility index (Phi) is 4.69. The van der Waals surface area contributed by atoms with Crippen LogP contribution in [0.15, 0.2) is 18.2 Å². The van der Waals surface area contributed by atoms with Gasteiger partial charge in [0.2, 0.25) is 0 Å². The number of hydrogen-bond acceptors (Lipinski definition) is 4. The van der Waals surface area contributed by atoms with Gasteiger partial charge in [0.15, 0.2) is 0 Å². The lowest BCUT2D eigenvalue weighted by atomic mass is 10.1. The number of benzene rings is 1. The van der Waals surface area contributed by atoms with Crippen molar-refractivity contribution in [3.05, 3.63) is 29.3 Å². The van der Waals surface area contributed by atoms with Crippen LogP contribution >= 0.6 is 0 Å². The van der Waals surface area contributed by atoms with Crippen molar-refractivity contribution >= 4 is 11.9 Å². The second-order valence-corrected chi connectivity index (χ2v) is 3.71. The standard InChI is InChI=1S/C13H16O4/c1-4-7-16-11-5-6-12(9(2)8-11)13(15)17-10(3)14/h5-6,8H,4,7H2,1-3H3. The molecule has 0 heterocycles. The van der Waals surface area contributed by atoms with E-state index in [1.807, 2.05) is 6.92 Å². The van der Waals surface area contributed by atoms with Crippen LogP contribution in [-0.2, 0) is 9.53 Å². The maximum Gasteiger partial charge on any atom is 0.346 e. The van der Waals surface area contributed by atoms with E-state index >= 15 is 0 Å². The first-order valence-corrected chi connectivity index (χ1v) is 5.50. The number of carbonyl (C=O) groups is 2. The van der Waals surface area contributed by atoms with E-state index in [2.05, 4.69) is 4.74 Å². The fourth-order valence-electron chi connectivity index (χ4n) is 1.36. The molecule has 0 bridgehead atoms. The SMILES string of the molecule is CCCOc1ccc(C(=O)OC(C)=O)c(C)c1. The molecule has 0 fully saturated rings. The number of esters is 2. The quantitative estimate of drug-likeness (QED) is 0.595. The first-order valence-electron chi connectivity index (χ1n) is 5.50. The summed E-state index contributed by atoms with van der Waals surface area (Å²) in [5.74, 6) is -0.526. The molecule has 0 radical (unpaired) electrons. The Hall–Kier alpha value is -1.84. The lowest BCUT2D eigenvalue weighted by molar-refractivity contribution is -0.135. The lowest BCUT2D eigenvalue weighted by Gasteiger charge is -2.08. The lowest BCUT2D eigenvalue weighted by Crippen LogP contribution is -2.10. The molecule has 0 saturated heterocycles. The molecular weight excluding hydrogens is 220 g/mol. The Morgan fingerprint density at radius 3 is 2.53 bits per heavy atom. The van der Waals surface area contributed by atoms with Gasteiger partial charge in [-0.05, 0) is 37.1 Å². The fourth-order valence-corrected chi connectivity index (χ4v) is 1.36. The van der Waals surface area contributed by atoms with Crippen LogP contribution in [0.3, 0.4) is 0 Å². The highest BCUT2D eigenvalue weighted by molar-refractivity contribution is 5.97. The molecule has 17 heavy (non-hydrogen) atoms. The Morgan fingerprint density at radius 2 is 2.00 bits per heavy atom. The Bertz CT molecular complexity index is 423. The largest absolute Gasteiger partial charge is 0.494 e. The van der Waals surface area contributed by atoms with Crippen molar-refractivity contribution in [2.24, 2.45) is 0 Å². The molecule has 0 aromatic heterocycles. The molecule has 1 rings (SSSR count). The van der Waals surface area contributed by atoms with Crippen molar-refractivity contribution in [1.82, 2.24) is 0 Å². The zero-order valence-corrected chi connectivity index (χ0v) is 10.3. The Balaban J connectivity index is 2.82. The average Bonchev–Trinajstić information content (AvgIpc) is 2.25. The van der Waals surface area contributed by atoms with Gasteiger partial charge in [0.1, 0.15) is 5.75 Å². The molecular formula is C13H16O4. The number of aryl methyl sites for hydroxylation is 1. The second kappa shape index (κ2) is 6.03. The van der Waals surface area contributed by atoms with Crippen LogP contribution in [0.5, 0.6) is 5.75 Å². The maximum absolute atomic E-state index is 11.5. The third-order valence-corrected chi connectivity index (χ3v) is 2.13. The van der Waals surface area contributed by atoms with E-state index in [9.17, 15) is 9.59 Å². The summed E-state index contributed by atoms with van der Waals surface area (Å²) in [5.41, 5.74) is 1.11. The first-order chi connectivity index (χ1) is 8.04. The summed E-state index contributed by atoms with van der Waals surface area (Å²) in [4.78, 5) is 22.2. The smallest absolute Gasteiger partial charge is 0.346 e. The van der Waals surface area contributed by atoms with Crippen LogP contribution in [0.2, 0.25) is 0 Å². The molecule has 4 heteroatoms. The van der Waals surface area contributed by atoms with Crippen molar-refractivity contribution < 1.29 is 19.1 Å². The van der Waals surface area contributed by atoms with Gasteiger partial charge in [-0.3, -0.25) is 4.79 Å². The molecule has 0 aliphatic carbocycles. The minimum atomic E-state index is -0.628. The van der Waals surface area contributed by atoms with Gasteiger partial charge in [-0.2, -0.15) is 0 Å². The van der Waals surface area contributed by atoms with Crippen molar-refractivity contribution in [3.63, 3.8) is 0 Å². The van der Waals surface area contributed by atoms with E-state index in [1.165, 1.54) is 6.92 Å². The monoisotopic (exact) mass is 236 g/mol. The summed E-state index contributed by atoms with van der Waals surface area (Å²) in [7, 11) is 0. The number of hydrogen-bond donors (Lipinski definition) is 0. The minimum Gasteiger partial charge on any atom is -0.494 e. The second-order valence-electron chi connectivity index (χ2n) is 3.71. The molecule has 0 saturated carbocycles. The molecule has 0 spiro atoms. The van der Waals surface area contributed by atoms with Gasteiger partial charge < -0.3 is 9.47 Å². The van der Waals surface area contributed by atoms with Gasteiger partial charge in [0.05, 0.1) is 12.2 Å². The summed E-state index contributed by atoms with van der Waals surface area (Å²) in [6.07, 6.45) is 0.924. The van der Waals surface area contributed by atoms with E-state index in [-0.39, 0.29) is 0 Å². The van der Waals surface area contributed by atoms with Gasteiger partial charge >= 0.3 is 11.9 Å². The number of rotatable bonds is 4. The fraction of sp³-hybridized carbons (Fsp3) is 0.385. The van der Waals surface area contributed by atoms with E-state index in [4.69, 9.17) is 4.74 Å². The van der Waals surface area contributed by atoms with E-state index in [0.717, 1.165) is 12.0 Å². The van der Waals surface area contributed by atoms with Gasteiger partial charge in [0.25, 0.3) is 0 Å². The first kappa shape index (κ1) is 13.2. The third kappa shape index (κ3) is 3.90. The van der Waals surface area contributed by atoms with Crippen LogP contribution < -0.4 is 4.74 Å². The van der Waals surface area contributed by atoms with Crippen LogP contribution in [0.4, 0.5) is 0 Å². The van der Waals surface area contributed by atoms with Gasteiger partial charge in [-0.1, -0.05) is 6.92 Å². The highest BCUT2D eigenvalue weighted by Crippen LogP contribution is 2.18. The average molecular weight is 236 g/mol. The molecule has 0 unspecified atom stereocenters. The normalized spacial score (nSPS) is 9.82. The predicted molar refractivity (Wildman–Crippen MR) is 63.1 cm³/mol. The number of carbonyl (C=O) groups excluding carboxylic acids is 2.